The van der Waals surface area contributed by atoms with Gasteiger partial charge in [0, 0.05) is 10.6 Å². The number of thioether (sulfide) groups is 1. The van der Waals surface area contributed by atoms with Crippen LogP contribution >= 0.6 is 11.8 Å². The highest BCUT2D eigenvalue weighted by Gasteiger charge is 2.17. The first-order valence-electron chi connectivity index (χ1n) is 8.42. The first-order valence-corrected chi connectivity index (χ1v) is 9.40. The third-order valence-corrected chi connectivity index (χ3v) is 5.02. The van der Waals surface area contributed by atoms with Gasteiger partial charge in [0.1, 0.15) is 23.9 Å². The van der Waals surface area contributed by atoms with E-state index < -0.39 is 5.91 Å². The van der Waals surface area contributed by atoms with Gasteiger partial charge in [0.05, 0.1) is 11.4 Å². The molecule has 0 atom stereocenters. The molecule has 28 heavy (non-hydrogen) atoms. The minimum atomic E-state index is -0.414. The average Bonchev–Trinajstić information content (AvgIpc) is 3.16. The molecule has 0 aliphatic carbocycles. The second-order valence-electron chi connectivity index (χ2n) is 6.01. The maximum absolute atomic E-state index is 12.9. The molecule has 2 N–H and O–H groups in total. The lowest BCUT2D eigenvalue weighted by atomic mass is 10.2. The Morgan fingerprint density at radius 1 is 1.18 bits per heavy atom. The summed E-state index contributed by atoms with van der Waals surface area (Å²) in [5, 5.41) is 5.52. The number of anilines is 2. The van der Waals surface area contributed by atoms with E-state index in [0.29, 0.717) is 28.6 Å². The van der Waals surface area contributed by atoms with Crippen molar-refractivity contribution in [3.05, 3.63) is 71.9 Å². The van der Waals surface area contributed by atoms with Gasteiger partial charge in [-0.25, -0.2) is 4.39 Å². The Bertz CT molecular complexity index is 1030. The molecule has 0 fully saturated rings. The molecule has 1 aromatic heterocycles. The largest absolute Gasteiger partial charge is 0.486 e. The van der Waals surface area contributed by atoms with Crippen molar-refractivity contribution in [3.63, 3.8) is 0 Å². The van der Waals surface area contributed by atoms with Crippen molar-refractivity contribution in [1.29, 1.82) is 0 Å². The molecule has 1 aliphatic heterocycles. The molecule has 0 saturated carbocycles. The molecule has 0 saturated heterocycles. The highest BCUT2D eigenvalue weighted by Crippen LogP contribution is 2.33. The van der Waals surface area contributed by atoms with Crippen LogP contribution in [0.2, 0.25) is 0 Å². The van der Waals surface area contributed by atoms with Crippen molar-refractivity contribution in [2.24, 2.45) is 0 Å². The molecular weight excluding hydrogens is 383 g/mol. The zero-order valence-corrected chi connectivity index (χ0v) is 15.3. The Hall–Kier alpha value is -3.26. The van der Waals surface area contributed by atoms with E-state index in [2.05, 4.69) is 10.6 Å². The molecule has 2 heterocycles. The summed E-state index contributed by atoms with van der Waals surface area (Å²) in [5.74, 6) is 0.647. The molecule has 3 aromatic rings. The quantitative estimate of drug-likeness (QED) is 0.670. The maximum atomic E-state index is 12.9. The van der Waals surface area contributed by atoms with Crippen molar-refractivity contribution in [1.82, 2.24) is 0 Å². The monoisotopic (exact) mass is 398 g/mol. The third kappa shape index (κ3) is 4.17. The van der Waals surface area contributed by atoms with Crippen LogP contribution in [0, 0.1) is 5.82 Å². The van der Waals surface area contributed by atoms with Crippen molar-refractivity contribution in [2.45, 2.75) is 11.5 Å². The normalized spacial score (nSPS) is 12.8. The highest BCUT2D eigenvalue weighted by atomic mass is 32.2. The number of fused-ring (bicyclic) bond motifs is 1. The lowest BCUT2D eigenvalue weighted by molar-refractivity contribution is -0.113. The number of rotatable bonds is 5. The third-order valence-electron chi connectivity index (χ3n) is 3.95. The Labute approximate surface area is 164 Å². The number of halogens is 1. The first-order chi connectivity index (χ1) is 13.6. The molecule has 142 valence electrons. The van der Waals surface area contributed by atoms with E-state index in [9.17, 15) is 14.0 Å². The molecule has 0 radical (unpaired) electrons. The van der Waals surface area contributed by atoms with E-state index >= 15 is 0 Å². The summed E-state index contributed by atoms with van der Waals surface area (Å²) < 4.78 is 23.9. The van der Waals surface area contributed by atoms with E-state index in [-0.39, 0.29) is 24.1 Å². The highest BCUT2D eigenvalue weighted by molar-refractivity contribution is 8.00. The molecule has 0 spiro atoms. The van der Waals surface area contributed by atoms with Gasteiger partial charge in [-0.1, -0.05) is 0 Å². The fraction of sp³-hybridized carbons (Fsp3) is 0.100. The summed E-state index contributed by atoms with van der Waals surface area (Å²) in [4.78, 5) is 24.8. The minimum absolute atomic E-state index is 0.0715. The summed E-state index contributed by atoms with van der Waals surface area (Å²) in [6, 6.07) is 14.1. The maximum Gasteiger partial charge on any atom is 0.291 e. The van der Waals surface area contributed by atoms with E-state index in [1.54, 1.807) is 24.3 Å². The Kier molecular flexibility index (Phi) is 5.03. The van der Waals surface area contributed by atoms with E-state index in [1.165, 1.54) is 36.0 Å². The Balaban J connectivity index is 1.38. The van der Waals surface area contributed by atoms with Crippen molar-refractivity contribution < 1.29 is 23.1 Å². The van der Waals surface area contributed by atoms with Crippen LogP contribution in [-0.4, -0.2) is 17.6 Å². The number of ether oxygens (including phenoxy) is 1. The number of benzene rings is 2. The number of carbonyl (C=O) groups excluding carboxylic acids is 2. The van der Waals surface area contributed by atoms with Crippen molar-refractivity contribution in [2.75, 3.05) is 16.4 Å². The van der Waals surface area contributed by atoms with E-state index in [1.807, 2.05) is 6.07 Å². The van der Waals surface area contributed by atoms with E-state index in [0.717, 1.165) is 4.90 Å². The molecule has 8 heteroatoms. The van der Waals surface area contributed by atoms with E-state index in [4.69, 9.17) is 9.15 Å². The predicted octanol–water partition coefficient (Wildman–Crippen LogP) is 4.29. The number of amides is 2. The average molecular weight is 398 g/mol. The molecule has 6 nitrogen and oxygen atoms in total. The summed E-state index contributed by atoms with van der Waals surface area (Å²) in [6.45, 7) is 0.112. The number of carbonyl (C=O) groups is 2. The fourth-order valence-corrected chi connectivity index (χ4v) is 3.40. The lowest BCUT2D eigenvalue weighted by Crippen LogP contribution is -2.19. The Morgan fingerprint density at radius 3 is 2.82 bits per heavy atom. The van der Waals surface area contributed by atoms with Gasteiger partial charge in [0.15, 0.2) is 5.76 Å². The van der Waals surface area contributed by atoms with Crippen LogP contribution in [0.15, 0.2) is 63.9 Å². The Morgan fingerprint density at radius 2 is 2.00 bits per heavy atom. The molecule has 2 amide bonds. The molecule has 2 aromatic carbocycles. The summed E-state index contributed by atoms with van der Waals surface area (Å²) >= 11 is 1.45. The zero-order chi connectivity index (χ0) is 19.5. The first kappa shape index (κ1) is 18.1. The van der Waals surface area contributed by atoms with Gasteiger partial charge in [-0.3, -0.25) is 9.59 Å². The number of hydrogen-bond acceptors (Lipinski definition) is 5. The molecule has 1 aliphatic rings. The topological polar surface area (TPSA) is 80.6 Å². The number of hydrogen-bond donors (Lipinski definition) is 2. The van der Waals surface area contributed by atoms with Gasteiger partial charge < -0.3 is 19.8 Å². The van der Waals surface area contributed by atoms with Crippen LogP contribution in [0.1, 0.15) is 16.3 Å². The standard InChI is InChI=1S/C20H15FN2O4S/c21-12-1-4-14(5-2-12)26-10-15-6-7-17(27-15)20(25)22-13-3-8-18-16(9-13)23-19(24)11-28-18/h1-9H,10-11H2,(H,22,25)(H,23,24). The predicted molar refractivity (Wildman–Crippen MR) is 103 cm³/mol. The van der Waals surface area contributed by atoms with Crippen LogP contribution < -0.4 is 15.4 Å². The van der Waals surface area contributed by atoms with Crippen LogP contribution in [0.25, 0.3) is 0 Å². The van der Waals surface area contributed by atoms with Gasteiger partial charge in [-0.05, 0) is 54.6 Å². The van der Waals surface area contributed by atoms with Gasteiger partial charge in [0.2, 0.25) is 5.91 Å². The lowest BCUT2D eigenvalue weighted by Gasteiger charge is -2.17. The van der Waals surface area contributed by atoms with Crippen LogP contribution in [-0.2, 0) is 11.4 Å². The second-order valence-corrected chi connectivity index (χ2v) is 7.03. The zero-order valence-electron chi connectivity index (χ0n) is 14.5. The SMILES string of the molecule is O=C1CSc2ccc(NC(=O)c3ccc(COc4ccc(F)cc4)o3)cc2N1. The minimum Gasteiger partial charge on any atom is -0.486 e. The van der Waals surface area contributed by atoms with Gasteiger partial charge in [0.25, 0.3) is 5.91 Å². The molecule has 0 bridgehead atoms. The smallest absolute Gasteiger partial charge is 0.291 e. The summed E-state index contributed by atoms with van der Waals surface area (Å²) in [6.07, 6.45) is 0. The fourth-order valence-electron chi connectivity index (χ4n) is 2.62. The molecule has 0 unspecified atom stereocenters. The second kappa shape index (κ2) is 7.77. The summed E-state index contributed by atoms with van der Waals surface area (Å²) in [5.41, 5.74) is 1.22. The van der Waals surface area contributed by atoms with Crippen LogP contribution in [0.3, 0.4) is 0 Å². The molecular formula is C20H15FN2O4S. The van der Waals surface area contributed by atoms with Gasteiger partial charge in [-0.15, -0.1) is 11.8 Å². The van der Waals surface area contributed by atoms with Crippen LogP contribution in [0.4, 0.5) is 15.8 Å². The molecule has 4 rings (SSSR count). The van der Waals surface area contributed by atoms with Crippen molar-refractivity contribution in [3.8, 4) is 5.75 Å². The number of furan rings is 1. The van der Waals surface area contributed by atoms with Crippen molar-refractivity contribution >= 4 is 35.0 Å². The van der Waals surface area contributed by atoms with Gasteiger partial charge in [-0.2, -0.15) is 0 Å². The van der Waals surface area contributed by atoms with Gasteiger partial charge >= 0.3 is 0 Å². The summed E-state index contributed by atoms with van der Waals surface area (Å²) in [7, 11) is 0. The van der Waals surface area contributed by atoms with Crippen LogP contribution in [0.5, 0.6) is 5.75 Å². The number of nitrogens with one attached hydrogen (secondary N) is 2.